The Morgan fingerprint density at radius 3 is 2.56 bits per heavy atom. The maximum Gasteiger partial charge on any atom is 0.00721 e. The highest BCUT2D eigenvalue weighted by atomic mass is 32.2. The first-order valence-corrected chi connectivity index (χ1v) is 7.13. The van der Waals surface area contributed by atoms with Crippen LogP contribution in [0, 0.1) is 6.92 Å². The molecule has 0 saturated heterocycles. The molecule has 0 fully saturated rings. The van der Waals surface area contributed by atoms with E-state index in [2.05, 4.69) is 50.4 Å². The fraction of sp³-hybridized carbons (Fsp3) is 0.571. The maximum absolute atomic E-state index is 3.51. The van der Waals surface area contributed by atoms with Gasteiger partial charge in [0.1, 0.15) is 0 Å². The molecule has 1 N–H and O–H groups in total. The van der Waals surface area contributed by atoms with E-state index in [0.717, 1.165) is 6.54 Å². The molecular weight excluding hydrogens is 214 g/mol. The van der Waals surface area contributed by atoms with Crippen molar-refractivity contribution in [1.29, 1.82) is 0 Å². The number of thioether (sulfide) groups is 1. The predicted molar refractivity (Wildman–Crippen MR) is 74.3 cm³/mol. The molecule has 0 spiro atoms. The average molecular weight is 237 g/mol. The minimum absolute atomic E-state index is 0.637. The van der Waals surface area contributed by atoms with Gasteiger partial charge in [-0.1, -0.05) is 24.6 Å². The van der Waals surface area contributed by atoms with E-state index in [9.17, 15) is 0 Å². The Morgan fingerprint density at radius 1 is 1.25 bits per heavy atom. The van der Waals surface area contributed by atoms with Gasteiger partial charge in [-0.3, -0.25) is 0 Å². The monoisotopic (exact) mass is 237 g/mol. The molecule has 0 aliphatic rings. The van der Waals surface area contributed by atoms with Crippen LogP contribution in [0.2, 0.25) is 0 Å². The van der Waals surface area contributed by atoms with E-state index in [1.54, 1.807) is 0 Å². The van der Waals surface area contributed by atoms with Crippen molar-refractivity contribution in [2.75, 3.05) is 12.3 Å². The molecule has 1 unspecified atom stereocenters. The smallest absolute Gasteiger partial charge is 0.00721 e. The van der Waals surface area contributed by atoms with Crippen LogP contribution in [-0.4, -0.2) is 18.3 Å². The fourth-order valence-corrected chi connectivity index (χ4v) is 2.52. The summed E-state index contributed by atoms with van der Waals surface area (Å²) in [6.45, 7) is 7.74. The predicted octanol–water partition coefficient (Wildman–Crippen LogP) is 3.87. The van der Waals surface area contributed by atoms with Gasteiger partial charge in [-0.15, -0.1) is 11.8 Å². The fourth-order valence-electron chi connectivity index (χ4n) is 1.48. The molecule has 16 heavy (non-hydrogen) atoms. The summed E-state index contributed by atoms with van der Waals surface area (Å²) >= 11 is 1.95. The Balaban J connectivity index is 2.17. The number of hydrogen-bond acceptors (Lipinski definition) is 2. The summed E-state index contributed by atoms with van der Waals surface area (Å²) in [5.41, 5.74) is 1.34. The van der Waals surface area contributed by atoms with Crippen LogP contribution in [0.15, 0.2) is 29.2 Å². The van der Waals surface area contributed by atoms with Crippen molar-refractivity contribution < 1.29 is 0 Å². The standard InChI is InChI=1S/C14H23NS/c1-4-10-15-13(3)9-11-16-14-7-5-12(2)6-8-14/h5-8,13,15H,4,9-11H2,1-3H3. The molecule has 1 nitrogen and oxygen atoms in total. The van der Waals surface area contributed by atoms with Crippen molar-refractivity contribution in [2.24, 2.45) is 0 Å². The maximum atomic E-state index is 3.51. The zero-order chi connectivity index (χ0) is 11.8. The third-order valence-electron chi connectivity index (χ3n) is 2.58. The molecule has 2 heteroatoms. The number of nitrogens with one attached hydrogen (secondary N) is 1. The normalized spacial score (nSPS) is 12.7. The van der Waals surface area contributed by atoms with E-state index in [-0.39, 0.29) is 0 Å². The summed E-state index contributed by atoms with van der Waals surface area (Å²) in [6.07, 6.45) is 2.45. The third-order valence-corrected chi connectivity index (χ3v) is 3.63. The number of aryl methyl sites for hydroxylation is 1. The van der Waals surface area contributed by atoms with Gasteiger partial charge < -0.3 is 5.32 Å². The summed E-state index contributed by atoms with van der Waals surface area (Å²) in [4.78, 5) is 1.38. The lowest BCUT2D eigenvalue weighted by atomic mass is 10.2. The van der Waals surface area contributed by atoms with Gasteiger partial charge in [-0.05, 0) is 51.1 Å². The quantitative estimate of drug-likeness (QED) is 0.723. The third kappa shape index (κ3) is 5.57. The molecular formula is C14H23NS. The SMILES string of the molecule is CCCNC(C)CCSc1ccc(C)cc1. The van der Waals surface area contributed by atoms with E-state index in [1.165, 1.54) is 29.1 Å². The van der Waals surface area contributed by atoms with Crippen molar-refractivity contribution in [3.63, 3.8) is 0 Å². The zero-order valence-corrected chi connectivity index (χ0v) is 11.4. The van der Waals surface area contributed by atoms with E-state index in [4.69, 9.17) is 0 Å². The van der Waals surface area contributed by atoms with Crippen LogP contribution in [0.25, 0.3) is 0 Å². The molecule has 1 aromatic carbocycles. The molecule has 1 atom stereocenters. The minimum Gasteiger partial charge on any atom is -0.314 e. The zero-order valence-electron chi connectivity index (χ0n) is 10.6. The molecule has 90 valence electrons. The summed E-state index contributed by atoms with van der Waals surface area (Å²) in [5, 5.41) is 3.51. The molecule has 0 aromatic heterocycles. The lowest BCUT2D eigenvalue weighted by molar-refractivity contribution is 0.536. The highest BCUT2D eigenvalue weighted by molar-refractivity contribution is 7.99. The number of rotatable bonds is 7. The topological polar surface area (TPSA) is 12.0 Å². The first-order chi connectivity index (χ1) is 7.72. The van der Waals surface area contributed by atoms with Gasteiger partial charge in [0.25, 0.3) is 0 Å². The van der Waals surface area contributed by atoms with Crippen molar-refractivity contribution >= 4 is 11.8 Å². The van der Waals surface area contributed by atoms with Crippen LogP contribution < -0.4 is 5.32 Å². The lowest BCUT2D eigenvalue weighted by Crippen LogP contribution is -2.27. The highest BCUT2D eigenvalue weighted by Crippen LogP contribution is 2.19. The van der Waals surface area contributed by atoms with Crippen LogP contribution >= 0.6 is 11.8 Å². The van der Waals surface area contributed by atoms with Gasteiger partial charge in [0.05, 0.1) is 0 Å². The Labute approximate surface area is 104 Å². The van der Waals surface area contributed by atoms with Crippen molar-refractivity contribution in [2.45, 2.75) is 44.6 Å². The number of hydrogen-bond donors (Lipinski definition) is 1. The van der Waals surface area contributed by atoms with Crippen LogP contribution in [-0.2, 0) is 0 Å². The molecule has 1 aromatic rings. The second-order valence-electron chi connectivity index (χ2n) is 4.31. The lowest BCUT2D eigenvalue weighted by Gasteiger charge is -2.12. The van der Waals surface area contributed by atoms with E-state index >= 15 is 0 Å². The Bertz CT molecular complexity index is 281. The second kappa shape index (κ2) is 7.75. The summed E-state index contributed by atoms with van der Waals surface area (Å²) in [7, 11) is 0. The van der Waals surface area contributed by atoms with Gasteiger partial charge in [0.2, 0.25) is 0 Å². The van der Waals surface area contributed by atoms with Gasteiger partial charge in [-0.25, -0.2) is 0 Å². The molecule has 1 rings (SSSR count). The van der Waals surface area contributed by atoms with Crippen LogP contribution in [0.5, 0.6) is 0 Å². The van der Waals surface area contributed by atoms with Crippen molar-refractivity contribution in [1.82, 2.24) is 5.32 Å². The first-order valence-electron chi connectivity index (χ1n) is 6.15. The Morgan fingerprint density at radius 2 is 1.94 bits per heavy atom. The molecule has 0 saturated carbocycles. The van der Waals surface area contributed by atoms with Gasteiger partial charge in [0.15, 0.2) is 0 Å². The summed E-state index contributed by atoms with van der Waals surface area (Å²) < 4.78 is 0. The summed E-state index contributed by atoms with van der Waals surface area (Å²) in [6, 6.07) is 9.43. The molecule has 0 radical (unpaired) electrons. The van der Waals surface area contributed by atoms with E-state index in [0.29, 0.717) is 6.04 Å². The van der Waals surface area contributed by atoms with Crippen LogP contribution in [0.3, 0.4) is 0 Å². The Kier molecular flexibility index (Phi) is 6.58. The van der Waals surface area contributed by atoms with Crippen molar-refractivity contribution in [3.8, 4) is 0 Å². The molecule has 0 amide bonds. The molecule has 0 aliphatic carbocycles. The molecule has 0 heterocycles. The Hall–Kier alpha value is -0.470. The first kappa shape index (κ1) is 13.6. The number of benzene rings is 1. The van der Waals surface area contributed by atoms with Crippen LogP contribution in [0.4, 0.5) is 0 Å². The van der Waals surface area contributed by atoms with Gasteiger partial charge >= 0.3 is 0 Å². The van der Waals surface area contributed by atoms with Crippen molar-refractivity contribution in [3.05, 3.63) is 29.8 Å². The van der Waals surface area contributed by atoms with Gasteiger partial charge in [0, 0.05) is 10.9 Å². The largest absolute Gasteiger partial charge is 0.314 e. The molecule has 0 aliphatic heterocycles. The van der Waals surface area contributed by atoms with Gasteiger partial charge in [-0.2, -0.15) is 0 Å². The second-order valence-corrected chi connectivity index (χ2v) is 5.47. The highest BCUT2D eigenvalue weighted by Gasteiger charge is 2.00. The van der Waals surface area contributed by atoms with E-state index in [1.807, 2.05) is 11.8 Å². The van der Waals surface area contributed by atoms with Crippen LogP contribution in [0.1, 0.15) is 32.3 Å². The average Bonchev–Trinajstić information content (AvgIpc) is 2.29. The minimum atomic E-state index is 0.637. The summed E-state index contributed by atoms with van der Waals surface area (Å²) in [5.74, 6) is 1.20. The molecule has 0 bridgehead atoms. The van der Waals surface area contributed by atoms with E-state index < -0.39 is 0 Å².